The molecule has 7 aromatic carbocycles. The topological polar surface area (TPSA) is 62.5 Å². The second-order valence-corrected chi connectivity index (χ2v) is 16.6. The number of pyridine rings is 1. The fourth-order valence-corrected chi connectivity index (χ4v) is 10.0. The molecule has 0 radical (unpaired) electrons. The van der Waals surface area contributed by atoms with Gasteiger partial charge in [-0.1, -0.05) is 91.0 Å². The second kappa shape index (κ2) is 14.0. The van der Waals surface area contributed by atoms with Crippen LogP contribution < -0.4 is 0 Å². The summed E-state index contributed by atoms with van der Waals surface area (Å²) >= 11 is 3.66. The van der Waals surface area contributed by atoms with Crippen molar-refractivity contribution in [1.29, 1.82) is 5.26 Å². The van der Waals surface area contributed by atoms with Gasteiger partial charge in [0.2, 0.25) is 0 Å². The van der Waals surface area contributed by atoms with Gasteiger partial charge < -0.3 is 0 Å². The smallest absolute Gasteiger partial charge is 0.160 e. The van der Waals surface area contributed by atoms with Gasteiger partial charge >= 0.3 is 0 Å². The van der Waals surface area contributed by atoms with Crippen molar-refractivity contribution < 1.29 is 0 Å². The highest BCUT2D eigenvalue weighted by atomic mass is 32.1. The highest BCUT2D eigenvalue weighted by Crippen LogP contribution is 2.41. The molecule has 270 valence electrons. The highest BCUT2D eigenvalue weighted by molar-refractivity contribution is 7.26. The molecule has 4 aromatic heterocycles. The zero-order valence-electron chi connectivity index (χ0n) is 30.9. The number of nitriles is 1. The largest absolute Gasteiger partial charge is 0.264 e. The monoisotopic (exact) mass is 774 g/mol. The Morgan fingerprint density at radius 1 is 0.379 bits per heavy atom. The first-order chi connectivity index (χ1) is 28.6. The molecule has 0 aliphatic heterocycles. The van der Waals surface area contributed by atoms with Gasteiger partial charge in [0.25, 0.3) is 0 Å². The van der Waals surface area contributed by atoms with E-state index in [4.69, 9.17) is 9.97 Å². The van der Waals surface area contributed by atoms with Crippen LogP contribution in [0.3, 0.4) is 0 Å². The minimum absolute atomic E-state index is 0.604. The summed E-state index contributed by atoms with van der Waals surface area (Å²) < 4.78 is 5.13. The van der Waals surface area contributed by atoms with Crippen LogP contribution in [0.15, 0.2) is 182 Å². The van der Waals surface area contributed by atoms with E-state index in [9.17, 15) is 5.26 Å². The fourth-order valence-electron chi connectivity index (χ4n) is 7.85. The van der Waals surface area contributed by atoms with E-state index in [-0.39, 0.29) is 0 Å². The number of rotatable bonds is 6. The molecule has 0 atom stereocenters. The second-order valence-electron chi connectivity index (χ2n) is 14.4. The van der Waals surface area contributed by atoms with Crippen molar-refractivity contribution in [3.05, 3.63) is 188 Å². The van der Waals surface area contributed by atoms with Gasteiger partial charge in [-0.25, -0.2) is 9.97 Å². The van der Waals surface area contributed by atoms with Crippen LogP contribution in [-0.4, -0.2) is 15.0 Å². The van der Waals surface area contributed by atoms with Crippen LogP contribution in [-0.2, 0) is 0 Å². The standard InChI is InChI=1S/C52H30N4S2/c53-30-32-11-13-34(14-12-32)46-29-47(56-52(55-46)35-17-15-33(16-18-35)38-6-5-23-54-31-38)41-25-39(36-19-21-50-44(27-36)42-7-1-3-9-48(42)57-50)24-40(26-41)37-20-22-51-45(28-37)43-8-2-4-10-49(43)58-51/h1-29,31H. The van der Waals surface area contributed by atoms with E-state index in [1.807, 2.05) is 59.2 Å². The van der Waals surface area contributed by atoms with Crippen molar-refractivity contribution >= 4 is 63.0 Å². The van der Waals surface area contributed by atoms with Crippen LogP contribution >= 0.6 is 22.7 Å². The van der Waals surface area contributed by atoms with E-state index in [2.05, 4.69) is 151 Å². The van der Waals surface area contributed by atoms with Crippen LogP contribution in [0.2, 0.25) is 0 Å². The first kappa shape index (κ1) is 34.0. The molecule has 0 fully saturated rings. The number of thiophene rings is 2. The average molecular weight is 775 g/mol. The first-order valence-corrected chi connectivity index (χ1v) is 20.7. The maximum atomic E-state index is 9.55. The van der Waals surface area contributed by atoms with E-state index >= 15 is 0 Å². The van der Waals surface area contributed by atoms with Crippen LogP contribution in [0.25, 0.3) is 108 Å². The Bertz CT molecular complexity index is 3260. The van der Waals surface area contributed by atoms with Crippen LogP contribution in [0.1, 0.15) is 5.56 Å². The van der Waals surface area contributed by atoms with Crippen molar-refractivity contribution in [2.45, 2.75) is 0 Å². The van der Waals surface area contributed by atoms with Crippen LogP contribution in [0, 0.1) is 11.3 Å². The summed E-state index contributed by atoms with van der Waals surface area (Å²) in [6.45, 7) is 0. The third-order valence-corrected chi connectivity index (χ3v) is 13.1. The number of hydrogen-bond donors (Lipinski definition) is 0. The van der Waals surface area contributed by atoms with Gasteiger partial charge in [0.1, 0.15) is 0 Å². The molecule has 6 heteroatoms. The fraction of sp³-hybridized carbons (Fsp3) is 0. The molecule has 0 saturated carbocycles. The number of benzene rings is 7. The van der Waals surface area contributed by atoms with Crippen molar-refractivity contribution in [3.8, 4) is 73.4 Å². The lowest BCUT2D eigenvalue weighted by molar-refractivity contribution is 1.18. The Morgan fingerprint density at radius 2 is 0.897 bits per heavy atom. The molecule has 4 nitrogen and oxygen atoms in total. The van der Waals surface area contributed by atoms with E-state index < -0.39 is 0 Å². The molecule has 58 heavy (non-hydrogen) atoms. The zero-order chi connectivity index (χ0) is 38.6. The lowest BCUT2D eigenvalue weighted by atomic mass is 9.93. The number of aromatic nitrogens is 3. The first-order valence-electron chi connectivity index (χ1n) is 19.0. The minimum Gasteiger partial charge on any atom is -0.264 e. The Balaban J connectivity index is 1.12. The maximum absolute atomic E-state index is 9.55. The number of fused-ring (bicyclic) bond motifs is 6. The molecule has 0 N–H and O–H groups in total. The minimum atomic E-state index is 0.604. The van der Waals surface area contributed by atoms with Gasteiger partial charge in [-0.3, -0.25) is 4.98 Å². The summed E-state index contributed by atoms with van der Waals surface area (Å²) in [6, 6.07) is 62.1. The van der Waals surface area contributed by atoms with Crippen LogP contribution in [0.5, 0.6) is 0 Å². The molecule has 4 heterocycles. The lowest BCUT2D eigenvalue weighted by Crippen LogP contribution is -1.97. The van der Waals surface area contributed by atoms with Crippen molar-refractivity contribution in [1.82, 2.24) is 15.0 Å². The zero-order valence-corrected chi connectivity index (χ0v) is 32.6. The molecule has 0 bridgehead atoms. The van der Waals surface area contributed by atoms with Crippen LogP contribution in [0.4, 0.5) is 0 Å². The van der Waals surface area contributed by atoms with Crippen molar-refractivity contribution in [2.24, 2.45) is 0 Å². The molecule has 11 aromatic rings. The van der Waals surface area contributed by atoms with Crippen molar-refractivity contribution in [3.63, 3.8) is 0 Å². The van der Waals surface area contributed by atoms with E-state index in [1.165, 1.54) is 40.3 Å². The third kappa shape index (κ3) is 6.11. The normalized spacial score (nSPS) is 11.4. The lowest BCUT2D eigenvalue weighted by Gasteiger charge is -2.14. The Morgan fingerprint density at radius 3 is 1.48 bits per heavy atom. The predicted molar refractivity (Wildman–Crippen MR) is 243 cm³/mol. The average Bonchev–Trinajstić information content (AvgIpc) is 3.87. The number of hydrogen-bond acceptors (Lipinski definition) is 6. The Labute approximate surface area is 342 Å². The Hall–Kier alpha value is -7.30. The summed E-state index contributed by atoms with van der Waals surface area (Å²) in [6.07, 6.45) is 3.66. The molecule has 11 rings (SSSR count). The summed E-state index contributed by atoms with van der Waals surface area (Å²) in [5, 5.41) is 14.6. The summed E-state index contributed by atoms with van der Waals surface area (Å²) in [4.78, 5) is 14.7. The van der Waals surface area contributed by atoms with E-state index in [1.54, 1.807) is 6.20 Å². The molecule has 0 saturated heterocycles. The van der Waals surface area contributed by atoms with E-state index in [0.717, 1.165) is 61.5 Å². The molecule has 0 spiro atoms. The highest BCUT2D eigenvalue weighted by Gasteiger charge is 2.16. The van der Waals surface area contributed by atoms with Gasteiger partial charge in [-0.15, -0.1) is 22.7 Å². The maximum Gasteiger partial charge on any atom is 0.160 e. The summed E-state index contributed by atoms with van der Waals surface area (Å²) in [7, 11) is 0. The van der Waals surface area contributed by atoms with E-state index in [0.29, 0.717) is 11.4 Å². The van der Waals surface area contributed by atoms with Crippen molar-refractivity contribution in [2.75, 3.05) is 0 Å². The van der Waals surface area contributed by atoms with Gasteiger partial charge in [0.15, 0.2) is 5.82 Å². The number of nitrogens with zero attached hydrogens (tertiary/aromatic N) is 4. The molecule has 0 unspecified atom stereocenters. The van der Waals surface area contributed by atoms with Gasteiger partial charge in [-0.2, -0.15) is 5.26 Å². The molecule has 0 aliphatic carbocycles. The Kier molecular flexibility index (Phi) is 8.21. The molecule has 0 amide bonds. The van der Waals surface area contributed by atoms with Gasteiger partial charge in [0, 0.05) is 69.4 Å². The summed E-state index contributed by atoms with van der Waals surface area (Å²) in [5.74, 6) is 0.624. The molecular formula is C52H30N4S2. The quantitative estimate of drug-likeness (QED) is 0.169. The summed E-state index contributed by atoms with van der Waals surface area (Å²) in [5.41, 5.74) is 11.7. The molecular weight excluding hydrogens is 745 g/mol. The predicted octanol–water partition coefficient (Wildman–Crippen LogP) is 14.5. The van der Waals surface area contributed by atoms with Gasteiger partial charge in [0.05, 0.1) is 23.0 Å². The third-order valence-electron chi connectivity index (χ3n) is 10.8. The van der Waals surface area contributed by atoms with Gasteiger partial charge in [-0.05, 0) is 112 Å². The SMILES string of the molecule is N#Cc1ccc(-c2cc(-c3cc(-c4ccc5sc6ccccc6c5c4)cc(-c4ccc5sc6ccccc6c5c4)c3)nc(-c3ccc(-c4cccnc4)cc3)n2)cc1. The molecule has 0 aliphatic rings.